The summed E-state index contributed by atoms with van der Waals surface area (Å²) >= 11 is 0. The maximum absolute atomic E-state index is 12.6. The standard InChI is InChI=1S/C21H25N3O3/c1-27-17-6-4-5-15(13-17)14-24-11-9-16(10-12-24)21(26)23-19-8-3-2-7-18(19)20(22)25/h2-8,13,16H,9-12,14H2,1H3,(H2,22,25)(H,23,26). The molecule has 1 aliphatic heterocycles. The molecule has 0 saturated carbocycles. The van der Waals surface area contributed by atoms with Crippen LogP contribution in [0.2, 0.25) is 0 Å². The molecule has 0 bridgehead atoms. The van der Waals surface area contributed by atoms with E-state index in [-0.39, 0.29) is 11.8 Å². The fourth-order valence-corrected chi connectivity index (χ4v) is 3.42. The van der Waals surface area contributed by atoms with E-state index in [0.717, 1.165) is 38.2 Å². The van der Waals surface area contributed by atoms with Gasteiger partial charge in [0, 0.05) is 12.5 Å². The van der Waals surface area contributed by atoms with Crippen molar-refractivity contribution < 1.29 is 14.3 Å². The van der Waals surface area contributed by atoms with Crippen molar-refractivity contribution in [3.63, 3.8) is 0 Å². The normalized spacial score (nSPS) is 15.3. The number of piperidine rings is 1. The van der Waals surface area contributed by atoms with Crippen LogP contribution in [-0.4, -0.2) is 36.9 Å². The van der Waals surface area contributed by atoms with Gasteiger partial charge in [-0.3, -0.25) is 14.5 Å². The number of hydrogen-bond donors (Lipinski definition) is 2. The lowest BCUT2D eigenvalue weighted by Gasteiger charge is -2.31. The summed E-state index contributed by atoms with van der Waals surface area (Å²) in [4.78, 5) is 26.4. The van der Waals surface area contributed by atoms with Gasteiger partial charge in [0.05, 0.1) is 18.4 Å². The minimum atomic E-state index is -0.543. The fourth-order valence-electron chi connectivity index (χ4n) is 3.42. The van der Waals surface area contributed by atoms with Crippen molar-refractivity contribution in [2.45, 2.75) is 19.4 Å². The molecule has 3 rings (SSSR count). The number of primary amides is 1. The summed E-state index contributed by atoms with van der Waals surface area (Å²) in [6, 6.07) is 14.9. The number of nitrogens with zero attached hydrogens (tertiary/aromatic N) is 1. The number of carbonyl (C=O) groups is 2. The van der Waals surface area contributed by atoms with E-state index in [0.29, 0.717) is 11.3 Å². The third kappa shape index (κ3) is 4.86. The Kier molecular flexibility index (Phi) is 6.08. The SMILES string of the molecule is COc1cccc(CN2CCC(C(=O)Nc3ccccc3C(N)=O)CC2)c1. The fraction of sp³-hybridized carbons (Fsp3) is 0.333. The molecule has 2 aromatic carbocycles. The lowest BCUT2D eigenvalue weighted by Crippen LogP contribution is -2.38. The number of ether oxygens (including phenoxy) is 1. The number of rotatable bonds is 6. The zero-order valence-corrected chi connectivity index (χ0v) is 15.5. The van der Waals surface area contributed by atoms with E-state index in [9.17, 15) is 9.59 Å². The minimum Gasteiger partial charge on any atom is -0.497 e. The molecule has 0 unspecified atom stereocenters. The molecule has 1 saturated heterocycles. The molecule has 0 aliphatic carbocycles. The molecular formula is C21H25N3O3. The smallest absolute Gasteiger partial charge is 0.250 e. The quantitative estimate of drug-likeness (QED) is 0.822. The molecule has 142 valence electrons. The van der Waals surface area contributed by atoms with Gasteiger partial charge in [0.1, 0.15) is 5.75 Å². The Morgan fingerprint density at radius 3 is 2.59 bits per heavy atom. The topological polar surface area (TPSA) is 84.7 Å². The van der Waals surface area contributed by atoms with E-state index in [2.05, 4.69) is 16.3 Å². The van der Waals surface area contributed by atoms with Crippen LogP contribution in [0.5, 0.6) is 5.75 Å². The molecule has 0 aromatic heterocycles. The van der Waals surface area contributed by atoms with Crippen LogP contribution < -0.4 is 15.8 Å². The second-order valence-corrected chi connectivity index (χ2v) is 6.80. The third-order valence-corrected chi connectivity index (χ3v) is 4.95. The van der Waals surface area contributed by atoms with Gasteiger partial charge < -0.3 is 15.8 Å². The van der Waals surface area contributed by atoms with Gasteiger partial charge in [-0.15, -0.1) is 0 Å². The summed E-state index contributed by atoms with van der Waals surface area (Å²) in [5.74, 6) is 0.200. The lowest BCUT2D eigenvalue weighted by molar-refractivity contribution is -0.121. The van der Waals surface area contributed by atoms with Crippen LogP contribution in [0.25, 0.3) is 0 Å². The van der Waals surface area contributed by atoms with Gasteiger partial charge in [0.25, 0.3) is 5.91 Å². The van der Waals surface area contributed by atoms with Crippen LogP contribution in [0.3, 0.4) is 0 Å². The maximum Gasteiger partial charge on any atom is 0.250 e. The van der Waals surface area contributed by atoms with Gasteiger partial charge in [0.2, 0.25) is 5.91 Å². The Bertz CT molecular complexity index is 814. The average Bonchev–Trinajstić information content (AvgIpc) is 2.69. The molecule has 6 nitrogen and oxygen atoms in total. The molecule has 2 aromatic rings. The number of hydrogen-bond acceptors (Lipinski definition) is 4. The first-order chi connectivity index (χ1) is 13.1. The average molecular weight is 367 g/mol. The van der Waals surface area contributed by atoms with Gasteiger partial charge in [-0.05, 0) is 55.8 Å². The molecule has 3 N–H and O–H groups in total. The number of anilines is 1. The summed E-state index contributed by atoms with van der Waals surface area (Å²) in [5, 5.41) is 2.87. The Labute approximate surface area is 159 Å². The first-order valence-corrected chi connectivity index (χ1v) is 9.12. The highest BCUT2D eigenvalue weighted by Gasteiger charge is 2.25. The molecule has 1 aliphatic rings. The largest absolute Gasteiger partial charge is 0.497 e. The molecule has 2 amide bonds. The van der Waals surface area contributed by atoms with Gasteiger partial charge in [-0.25, -0.2) is 0 Å². The van der Waals surface area contributed by atoms with Crippen LogP contribution in [0.15, 0.2) is 48.5 Å². The maximum atomic E-state index is 12.6. The van der Waals surface area contributed by atoms with Gasteiger partial charge in [-0.1, -0.05) is 24.3 Å². The number of amides is 2. The third-order valence-electron chi connectivity index (χ3n) is 4.95. The van der Waals surface area contributed by atoms with E-state index >= 15 is 0 Å². The summed E-state index contributed by atoms with van der Waals surface area (Å²) in [5.41, 5.74) is 7.39. The van der Waals surface area contributed by atoms with E-state index in [4.69, 9.17) is 10.5 Å². The number of nitrogens with one attached hydrogen (secondary N) is 1. The molecule has 1 heterocycles. The Balaban J connectivity index is 1.54. The number of benzene rings is 2. The van der Waals surface area contributed by atoms with E-state index in [1.54, 1.807) is 31.4 Å². The number of methoxy groups -OCH3 is 1. The number of para-hydroxylation sites is 1. The lowest BCUT2D eigenvalue weighted by atomic mass is 9.95. The van der Waals surface area contributed by atoms with Crippen molar-refractivity contribution in [3.05, 3.63) is 59.7 Å². The summed E-state index contributed by atoms with van der Waals surface area (Å²) in [7, 11) is 1.67. The van der Waals surface area contributed by atoms with Crippen LogP contribution in [0.4, 0.5) is 5.69 Å². The molecule has 6 heteroatoms. The van der Waals surface area contributed by atoms with Crippen molar-refractivity contribution in [2.24, 2.45) is 11.7 Å². The van der Waals surface area contributed by atoms with Crippen molar-refractivity contribution >= 4 is 17.5 Å². The Morgan fingerprint density at radius 1 is 1.15 bits per heavy atom. The van der Waals surface area contributed by atoms with Crippen LogP contribution in [-0.2, 0) is 11.3 Å². The molecule has 0 atom stereocenters. The summed E-state index contributed by atoms with van der Waals surface area (Å²) in [6.07, 6.45) is 1.57. The first kappa shape index (κ1) is 18.9. The van der Waals surface area contributed by atoms with Crippen LogP contribution >= 0.6 is 0 Å². The van der Waals surface area contributed by atoms with Crippen molar-refractivity contribution in [1.82, 2.24) is 4.90 Å². The van der Waals surface area contributed by atoms with Crippen molar-refractivity contribution in [1.29, 1.82) is 0 Å². The number of nitrogens with two attached hydrogens (primary N) is 1. The predicted molar refractivity (Wildman–Crippen MR) is 105 cm³/mol. The second kappa shape index (κ2) is 8.68. The van der Waals surface area contributed by atoms with E-state index < -0.39 is 5.91 Å². The molecule has 0 spiro atoms. The van der Waals surface area contributed by atoms with Crippen LogP contribution in [0.1, 0.15) is 28.8 Å². The van der Waals surface area contributed by atoms with Gasteiger partial charge in [-0.2, -0.15) is 0 Å². The zero-order valence-electron chi connectivity index (χ0n) is 15.5. The zero-order chi connectivity index (χ0) is 19.2. The highest BCUT2D eigenvalue weighted by atomic mass is 16.5. The van der Waals surface area contributed by atoms with Gasteiger partial charge in [0.15, 0.2) is 0 Å². The van der Waals surface area contributed by atoms with Crippen LogP contribution in [0, 0.1) is 5.92 Å². The summed E-state index contributed by atoms with van der Waals surface area (Å²) in [6.45, 7) is 2.55. The van der Waals surface area contributed by atoms with Crippen molar-refractivity contribution in [2.75, 3.05) is 25.5 Å². The number of likely N-dealkylation sites (tertiary alicyclic amines) is 1. The Morgan fingerprint density at radius 2 is 1.89 bits per heavy atom. The monoisotopic (exact) mass is 367 g/mol. The van der Waals surface area contributed by atoms with E-state index in [1.807, 2.05) is 18.2 Å². The molecule has 27 heavy (non-hydrogen) atoms. The molecular weight excluding hydrogens is 342 g/mol. The first-order valence-electron chi connectivity index (χ1n) is 9.12. The molecule has 0 radical (unpaired) electrons. The highest BCUT2D eigenvalue weighted by molar-refractivity contribution is 6.03. The minimum absolute atomic E-state index is 0.0512. The molecule has 1 fully saturated rings. The van der Waals surface area contributed by atoms with E-state index in [1.165, 1.54) is 5.56 Å². The second-order valence-electron chi connectivity index (χ2n) is 6.80. The highest BCUT2D eigenvalue weighted by Crippen LogP contribution is 2.23. The van der Waals surface area contributed by atoms with Gasteiger partial charge >= 0.3 is 0 Å². The summed E-state index contributed by atoms with van der Waals surface area (Å²) < 4.78 is 5.27. The van der Waals surface area contributed by atoms with Crippen molar-refractivity contribution in [3.8, 4) is 5.75 Å². The number of carbonyl (C=O) groups excluding carboxylic acids is 2. The predicted octanol–water partition coefficient (Wildman–Crippen LogP) is 2.64. The Hall–Kier alpha value is -2.86.